The molecule has 3 rings (SSSR count). The van der Waals surface area contributed by atoms with Gasteiger partial charge in [-0.15, -0.1) is 10.2 Å². The molecule has 2 aliphatic heterocycles. The summed E-state index contributed by atoms with van der Waals surface area (Å²) in [5, 5.41) is 8.44. The van der Waals surface area contributed by atoms with E-state index in [1.165, 1.54) is 0 Å². The highest BCUT2D eigenvalue weighted by molar-refractivity contribution is 9.09. The lowest BCUT2D eigenvalue weighted by molar-refractivity contribution is -0.123. The van der Waals surface area contributed by atoms with Crippen molar-refractivity contribution in [1.82, 2.24) is 20.0 Å². The van der Waals surface area contributed by atoms with Crippen molar-refractivity contribution < 1.29 is 4.79 Å². The van der Waals surface area contributed by atoms with E-state index in [0.29, 0.717) is 24.5 Å². The maximum Gasteiger partial charge on any atom is 0.268 e. The van der Waals surface area contributed by atoms with Crippen LogP contribution in [-0.2, 0) is 4.79 Å². The third kappa shape index (κ3) is 3.87. The molecule has 7 nitrogen and oxygen atoms in total. The normalized spacial score (nSPS) is 25.3. The molecule has 8 heteroatoms. The highest BCUT2D eigenvalue weighted by atomic mass is 79.9. The topological polar surface area (TPSA) is 64.9 Å². The molecule has 1 atom stereocenters. The van der Waals surface area contributed by atoms with E-state index in [9.17, 15) is 4.79 Å². The number of nitrogens with zero attached hydrogens (tertiary/aromatic N) is 6. The number of anilines is 1. The Morgan fingerprint density at radius 3 is 2.57 bits per heavy atom. The van der Waals surface area contributed by atoms with Crippen molar-refractivity contribution >= 4 is 39.2 Å². The van der Waals surface area contributed by atoms with Crippen LogP contribution in [0, 0.1) is 0 Å². The number of alkyl halides is 1. The Kier molecular flexibility index (Phi) is 4.91. The smallest absolute Gasteiger partial charge is 0.268 e. The molecule has 1 unspecified atom stereocenters. The van der Waals surface area contributed by atoms with Gasteiger partial charge < -0.3 is 14.7 Å². The molecule has 1 amide bonds. The van der Waals surface area contributed by atoms with Crippen LogP contribution in [0.1, 0.15) is 6.42 Å². The molecule has 2 fully saturated rings. The Labute approximate surface area is 144 Å². The van der Waals surface area contributed by atoms with Gasteiger partial charge in [-0.25, -0.2) is 4.99 Å². The standard InChI is InChI=1S/C15H21BrN6O/c1-20-5-7-22(8-6-20)14-4-3-13(18-19-14)17-12-9-11(16)10-21(2)15(12)23/h3-4,11H,5-10H2,1-2H3. The lowest BCUT2D eigenvalue weighted by Crippen LogP contribution is -2.44. The van der Waals surface area contributed by atoms with Crippen LogP contribution in [0.3, 0.4) is 0 Å². The summed E-state index contributed by atoms with van der Waals surface area (Å²) in [6.07, 6.45) is 0.616. The predicted octanol–water partition coefficient (Wildman–Crippen LogP) is 0.926. The van der Waals surface area contributed by atoms with Gasteiger partial charge in [0.25, 0.3) is 5.91 Å². The van der Waals surface area contributed by atoms with Crippen molar-refractivity contribution in [3.8, 4) is 0 Å². The van der Waals surface area contributed by atoms with E-state index in [-0.39, 0.29) is 10.7 Å². The average molecular weight is 381 g/mol. The summed E-state index contributed by atoms with van der Waals surface area (Å²) in [5.74, 6) is 1.32. The van der Waals surface area contributed by atoms with Gasteiger partial charge in [0, 0.05) is 51.0 Å². The van der Waals surface area contributed by atoms with E-state index in [2.05, 4.69) is 48.0 Å². The number of halogens is 1. The molecule has 2 saturated heterocycles. The molecular formula is C15H21BrN6O. The van der Waals surface area contributed by atoms with Crippen LogP contribution in [-0.4, -0.2) is 83.3 Å². The summed E-state index contributed by atoms with van der Waals surface area (Å²) in [6.45, 7) is 4.66. The number of likely N-dealkylation sites (tertiary alicyclic amines) is 1. The molecule has 1 aromatic rings. The van der Waals surface area contributed by atoms with Crippen LogP contribution < -0.4 is 4.90 Å². The number of hydrogen-bond donors (Lipinski definition) is 0. The minimum atomic E-state index is -0.0364. The first-order valence-corrected chi connectivity index (χ1v) is 8.69. The summed E-state index contributed by atoms with van der Waals surface area (Å²) in [4.78, 5) is 23.0. The van der Waals surface area contributed by atoms with Crippen LogP contribution in [0.5, 0.6) is 0 Å². The molecule has 1 aromatic heterocycles. The number of hydrogen-bond acceptors (Lipinski definition) is 6. The summed E-state index contributed by atoms with van der Waals surface area (Å²) in [7, 11) is 3.91. The first-order valence-electron chi connectivity index (χ1n) is 7.77. The number of aromatic nitrogens is 2. The number of aliphatic imine (C=N–C) groups is 1. The van der Waals surface area contributed by atoms with Crippen molar-refractivity contribution in [2.45, 2.75) is 11.2 Å². The largest absolute Gasteiger partial charge is 0.353 e. The van der Waals surface area contributed by atoms with Gasteiger partial charge in [0.15, 0.2) is 11.6 Å². The van der Waals surface area contributed by atoms with Crippen molar-refractivity contribution in [2.24, 2.45) is 4.99 Å². The Hall–Kier alpha value is -1.54. The quantitative estimate of drug-likeness (QED) is 0.714. The molecule has 0 aliphatic carbocycles. The first-order chi connectivity index (χ1) is 11.0. The monoisotopic (exact) mass is 380 g/mol. The van der Waals surface area contributed by atoms with Gasteiger partial charge in [-0.1, -0.05) is 15.9 Å². The van der Waals surface area contributed by atoms with Gasteiger partial charge in [0.2, 0.25) is 0 Å². The second kappa shape index (κ2) is 6.92. The number of carbonyl (C=O) groups is 1. The van der Waals surface area contributed by atoms with E-state index in [4.69, 9.17) is 0 Å². The fourth-order valence-electron chi connectivity index (χ4n) is 2.78. The molecule has 2 aliphatic rings. The van der Waals surface area contributed by atoms with Gasteiger partial charge >= 0.3 is 0 Å². The Bertz CT molecular complexity index is 596. The first kappa shape index (κ1) is 16.3. The number of piperidine rings is 1. The Morgan fingerprint density at radius 1 is 1.17 bits per heavy atom. The lowest BCUT2D eigenvalue weighted by Gasteiger charge is -2.32. The number of likely N-dealkylation sites (N-methyl/N-ethyl adjacent to an activating group) is 1. The number of amides is 1. The second-order valence-corrected chi connectivity index (χ2v) is 7.38. The molecule has 3 heterocycles. The van der Waals surface area contributed by atoms with Crippen molar-refractivity contribution in [3.05, 3.63) is 12.1 Å². The molecule has 0 radical (unpaired) electrons. The molecule has 0 aromatic carbocycles. The van der Waals surface area contributed by atoms with E-state index >= 15 is 0 Å². The molecule has 124 valence electrons. The van der Waals surface area contributed by atoms with Crippen LogP contribution in [0.15, 0.2) is 17.1 Å². The highest BCUT2D eigenvalue weighted by Crippen LogP contribution is 2.19. The van der Waals surface area contributed by atoms with E-state index in [1.54, 1.807) is 11.9 Å². The third-order valence-corrected chi connectivity index (χ3v) is 4.81. The summed E-state index contributed by atoms with van der Waals surface area (Å²) in [5.41, 5.74) is 0.530. The lowest BCUT2D eigenvalue weighted by atomic mass is 10.1. The number of rotatable bonds is 2. The summed E-state index contributed by atoms with van der Waals surface area (Å²) in [6, 6.07) is 3.76. The molecule has 0 saturated carbocycles. The minimum absolute atomic E-state index is 0.0364. The van der Waals surface area contributed by atoms with E-state index < -0.39 is 0 Å². The molecule has 0 N–H and O–H groups in total. The maximum atomic E-state index is 12.1. The SMILES string of the molecule is CN1CCN(c2ccc(N=C3CC(Br)CN(C)C3=O)nn2)CC1. The number of piperazine rings is 1. The second-order valence-electron chi connectivity index (χ2n) is 6.09. The van der Waals surface area contributed by atoms with E-state index in [0.717, 1.165) is 32.0 Å². The Balaban J connectivity index is 1.72. The molecule has 23 heavy (non-hydrogen) atoms. The van der Waals surface area contributed by atoms with Crippen molar-refractivity contribution in [2.75, 3.05) is 51.7 Å². The predicted molar refractivity (Wildman–Crippen MR) is 93.8 cm³/mol. The Morgan fingerprint density at radius 2 is 1.91 bits per heavy atom. The fraction of sp³-hybridized carbons (Fsp3) is 0.600. The molecule has 0 bridgehead atoms. The zero-order valence-corrected chi connectivity index (χ0v) is 15.0. The van der Waals surface area contributed by atoms with E-state index in [1.807, 2.05) is 12.1 Å². The van der Waals surface area contributed by atoms with Gasteiger partial charge in [-0.05, 0) is 19.2 Å². The zero-order chi connectivity index (χ0) is 16.4. The van der Waals surface area contributed by atoms with Crippen molar-refractivity contribution in [3.63, 3.8) is 0 Å². The molecular weight excluding hydrogens is 360 g/mol. The number of carbonyl (C=O) groups excluding carboxylic acids is 1. The van der Waals surface area contributed by atoms with Crippen LogP contribution in [0.25, 0.3) is 0 Å². The van der Waals surface area contributed by atoms with Crippen molar-refractivity contribution in [1.29, 1.82) is 0 Å². The van der Waals surface area contributed by atoms with Crippen LogP contribution in [0.2, 0.25) is 0 Å². The summed E-state index contributed by atoms with van der Waals surface area (Å²) >= 11 is 3.56. The average Bonchev–Trinajstić information content (AvgIpc) is 2.54. The summed E-state index contributed by atoms with van der Waals surface area (Å²) < 4.78 is 0. The maximum absolute atomic E-state index is 12.1. The highest BCUT2D eigenvalue weighted by Gasteiger charge is 2.27. The van der Waals surface area contributed by atoms with Crippen LogP contribution in [0.4, 0.5) is 11.6 Å². The molecule has 0 spiro atoms. The van der Waals surface area contributed by atoms with Crippen LogP contribution >= 0.6 is 15.9 Å². The minimum Gasteiger partial charge on any atom is -0.353 e. The van der Waals surface area contributed by atoms with Gasteiger partial charge in [-0.2, -0.15) is 0 Å². The van der Waals surface area contributed by atoms with Gasteiger partial charge in [0.1, 0.15) is 5.71 Å². The third-order valence-electron chi connectivity index (χ3n) is 4.19. The fourth-order valence-corrected chi connectivity index (χ4v) is 3.52. The van der Waals surface area contributed by atoms with Gasteiger partial charge in [-0.3, -0.25) is 4.79 Å². The van der Waals surface area contributed by atoms with Gasteiger partial charge in [0.05, 0.1) is 0 Å². The zero-order valence-electron chi connectivity index (χ0n) is 13.4.